The highest BCUT2D eigenvalue weighted by molar-refractivity contribution is 9.10. The predicted molar refractivity (Wildman–Crippen MR) is 103 cm³/mol. The minimum atomic E-state index is 0.134. The summed E-state index contributed by atoms with van der Waals surface area (Å²) < 4.78 is 1.08. The zero-order valence-corrected chi connectivity index (χ0v) is 15.9. The van der Waals surface area contributed by atoms with Crippen molar-refractivity contribution in [1.29, 1.82) is 0 Å². The summed E-state index contributed by atoms with van der Waals surface area (Å²) in [5.74, 6) is 0.147. The first kappa shape index (κ1) is 17.0. The Labute approximate surface area is 152 Å². The Kier molecular flexibility index (Phi) is 4.91. The van der Waals surface area contributed by atoms with E-state index in [-0.39, 0.29) is 18.0 Å². The third-order valence-electron chi connectivity index (χ3n) is 4.84. The molecule has 2 atom stereocenters. The Morgan fingerprint density at radius 2 is 1.83 bits per heavy atom. The molecule has 0 aliphatic carbocycles. The van der Waals surface area contributed by atoms with Gasteiger partial charge in [0.05, 0.1) is 6.04 Å². The number of halogens is 1. The smallest absolute Gasteiger partial charge is 0.255 e. The van der Waals surface area contributed by atoms with E-state index < -0.39 is 0 Å². The molecule has 1 aliphatic heterocycles. The summed E-state index contributed by atoms with van der Waals surface area (Å²) >= 11 is 3.52. The molecular weight excluding hydrogens is 362 g/mol. The van der Waals surface area contributed by atoms with Crippen LogP contribution in [0.4, 0.5) is 0 Å². The first-order valence-electron chi connectivity index (χ1n) is 8.32. The monoisotopic (exact) mass is 383 g/mol. The number of carbonyl (C=O) groups is 1. The van der Waals surface area contributed by atoms with Gasteiger partial charge in [0.2, 0.25) is 0 Å². The van der Waals surface area contributed by atoms with Gasteiger partial charge in [-0.3, -0.25) is 4.79 Å². The van der Waals surface area contributed by atoms with Crippen LogP contribution >= 0.6 is 15.9 Å². The van der Waals surface area contributed by atoms with E-state index in [2.05, 4.69) is 48.8 Å². The zero-order chi connectivity index (χ0) is 17.3. The summed E-state index contributed by atoms with van der Waals surface area (Å²) in [6, 6.07) is 18.6. The summed E-state index contributed by atoms with van der Waals surface area (Å²) in [4.78, 5) is 15.1. The predicted octanol–water partition coefficient (Wildman–Crippen LogP) is 5.08. The van der Waals surface area contributed by atoms with Crippen LogP contribution in [0.5, 0.6) is 0 Å². The number of hydrogen-bond acceptors (Lipinski definition) is 1. The van der Waals surface area contributed by atoms with E-state index in [1.807, 2.05) is 47.4 Å². The van der Waals surface area contributed by atoms with E-state index in [1.165, 1.54) is 5.56 Å². The lowest BCUT2D eigenvalue weighted by Crippen LogP contribution is -2.41. The average Bonchev–Trinajstić information content (AvgIpc) is 2.78. The van der Waals surface area contributed by atoms with Crippen molar-refractivity contribution in [2.75, 3.05) is 0 Å². The molecule has 1 heterocycles. The normalized spacial score (nSPS) is 19.1. The van der Waals surface area contributed by atoms with Crippen LogP contribution in [0.15, 0.2) is 64.6 Å². The molecule has 0 N–H and O–H groups in total. The van der Waals surface area contributed by atoms with Crippen molar-refractivity contribution in [3.63, 3.8) is 0 Å². The second-order valence-corrected chi connectivity index (χ2v) is 7.41. The largest absolute Gasteiger partial charge is 0.329 e. The van der Waals surface area contributed by atoms with E-state index >= 15 is 0 Å². The lowest BCUT2D eigenvalue weighted by molar-refractivity contribution is -0.126. The van der Waals surface area contributed by atoms with Crippen molar-refractivity contribution in [3.8, 4) is 0 Å². The molecule has 0 aromatic heterocycles. The maximum Gasteiger partial charge on any atom is 0.255 e. The molecule has 24 heavy (non-hydrogen) atoms. The highest BCUT2D eigenvalue weighted by atomic mass is 79.9. The molecule has 2 unspecified atom stereocenters. The van der Waals surface area contributed by atoms with Crippen LogP contribution in [0, 0.1) is 0 Å². The highest BCUT2D eigenvalue weighted by Crippen LogP contribution is 2.34. The van der Waals surface area contributed by atoms with Gasteiger partial charge in [0.25, 0.3) is 5.91 Å². The van der Waals surface area contributed by atoms with Crippen LogP contribution < -0.4 is 0 Å². The van der Waals surface area contributed by atoms with Crippen LogP contribution in [-0.4, -0.2) is 22.9 Å². The number of hydrogen-bond donors (Lipinski definition) is 0. The van der Waals surface area contributed by atoms with Gasteiger partial charge < -0.3 is 4.90 Å². The van der Waals surface area contributed by atoms with Crippen molar-refractivity contribution in [3.05, 3.63) is 75.8 Å². The van der Waals surface area contributed by atoms with Gasteiger partial charge in [0.15, 0.2) is 0 Å². The van der Waals surface area contributed by atoms with E-state index in [0.717, 1.165) is 27.6 Å². The van der Waals surface area contributed by atoms with Crippen LogP contribution in [0.1, 0.15) is 31.9 Å². The van der Waals surface area contributed by atoms with Crippen molar-refractivity contribution in [1.82, 2.24) is 4.90 Å². The molecule has 0 radical (unpaired) electrons. The van der Waals surface area contributed by atoms with E-state index in [4.69, 9.17) is 0 Å². The second kappa shape index (κ2) is 6.94. The van der Waals surface area contributed by atoms with Crippen LogP contribution in [0.25, 0.3) is 5.57 Å². The molecule has 0 spiro atoms. The third kappa shape index (κ3) is 3.18. The van der Waals surface area contributed by atoms with Gasteiger partial charge in [-0.1, -0.05) is 58.4 Å². The lowest BCUT2D eigenvalue weighted by atomic mass is 10.0. The summed E-state index contributed by atoms with van der Waals surface area (Å²) in [5, 5.41) is 0. The fourth-order valence-corrected chi connectivity index (χ4v) is 3.98. The molecule has 2 aromatic rings. The Bertz CT molecular complexity index is 781. The molecule has 3 rings (SSSR count). The fraction of sp³-hybridized carbons (Fsp3) is 0.286. The van der Waals surface area contributed by atoms with E-state index in [0.29, 0.717) is 0 Å². The second-order valence-electron chi connectivity index (χ2n) is 6.50. The summed E-state index contributed by atoms with van der Waals surface area (Å²) in [6.45, 7) is 6.34. The number of benzene rings is 2. The molecule has 0 saturated carbocycles. The molecule has 1 aliphatic rings. The minimum Gasteiger partial charge on any atom is -0.329 e. The van der Waals surface area contributed by atoms with Crippen molar-refractivity contribution >= 4 is 27.4 Å². The highest BCUT2D eigenvalue weighted by Gasteiger charge is 2.37. The zero-order valence-electron chi connectivity index (χ0n) is 14.3. The number of carbonyl (C=O) groups excluding carboxylic acids is 1. The van der Waals surface area contributed by atoms with Crippen molar-refractivity contribution < 1.29 is 4.79 Å². The van der Waals surface area contributed by atoms with Gasteiger partial charge in [0.1, 0.15) is 0 Å². The van der Waals surface area contributed by atoms with Crippen molar-refractivity contribution in [2.24, 2.45) is 0 Å². The van der Waals surface area contributed by atoms with Gasteiger partial charge >= 0.3 is 0 Å². The van der Waals surface area contributed by atoms with Crippen LogP contribution in [0.2, 0.25) is 0 Å². The summed E-state index contributed by atoms with van der Waals surface area (Å²) in [7, 11) is 0. The molecule has 124 valence electrons. The van der Waals surface area contributed by atoms with E-state index in [9.17, 15) is 4.79 Å². The maximum absolute atomic E-state index is 13.1. The molecular formula is C21H22BrNO. The molecule has 1 amide bonds. The molecule has 3 heteroatoms. The Hall–Kier alpha value is -1.87. The van der Waals surface area contributed by atoms with Crippen LogP contribution in [-0.2, 0) is 11.2 Å². The van der Waals surface area contributed by atoms with Gasteiger partial charge in [-0.25, -0.2) is 0 Å². The van der Waals surface area contributed by atoms with Gasteiger partial charge in [-0.2, -0.15) is 0 Å². The quantitative estimate of drug-likeness (QED) is 0.720. The van der Waals surface area contributed by atoms with E-state index in [1.54, 1.807) is 0 Å². The topological polar surface area (TPSA) is 20.3 Å². The van der Waals surface area contributed by atoms with Gasteiger partial charge in [0, 0.05) is 16.1 Å². The number of amides is 1. The minimum absolute atomic E-state index is 0.134. The van der Waals surface area contributed by atoms with Gasteiger partial charge in [-0.15, -0.1) is 0 Å². The molecule has 2 aromatic carbocycles. The average molecular weight is 384 g/mol. The number of nitrogens with zero attached hydrogens (tertiary/aromatic N) is 1. The summed E-state index contributed by atoms with van der Waals surface area (Å²) in [6.07, 6.45) is 0.852. The van der Waals surface area contributed by atoms with Crippen LogP contribution in [0.3, 0.4) is 0 Å². The Balaban J connectivity index is 1.84. The Morgan fingerprint density at radius 1 is 1.12 bits per heavy atom. The molecule has 2 nitrogen and oxygen atoms in total. The molecule has 0 fully saturated rings. The maximum atomic E-state index is 13.1. The first-order chi connectivity index (χ1) is 11.5. The SMILES string of the molecule is CC1=C(c2ccccc2)C(=O)N(C(C)Cc2cccc(Br)c2)C1C. The van der Waals surface area contributed by atoms with Crippen molar-refractivity contribution in [2.45, 2.75) is 39.3 Å². The molecule has 0 saturated heterocycles. The number of rotatable bonds is 4. The standard InChI is InChI=1S/C21H22BrNO/c1-14(12-17-8-7-11-19(22)13-17)23-16(3)15(2)20(21(23)24)18-9-5-4-6-10-18/h4-11,13-14,16H,12H2,1-3H3. The van der Waals surface area contributed by atoms with Gasteiger partial charge in [-0.05, 0) is 56.0 Å². The first-order valence-corrected chi connectivity index (χ1v) is 9.11. The lowest BCUT2D eigenvalue weighted by Gasteiger charge is -2.30. The Morgan fingerprint density at radius 3 is 2.50 bits per heavy atom. The summed E-state index contributed by atoms with van der Waals surface area (Å²) in [5.41, 5.74) is 4.28. The molecule has 0 bridgehead atoms. The third-order valence-corrected chi connectivity index (χ3v) is 5.34. The fourth-order valence-electron chi connectivity index (χ4n) is 3.53.